The smallest absolute Gasteiger partial charge is 0.0992 e. The van der Waals surface area contributed by atoms with E-state index in [2.05, 4.69) is 6.58 Å². The minimum Gasteiger partial charge on any atom is -0.399 e. The van der Waals surface area contributed by atoms with Crippen LogP contribution < -0.4 is 5.73 Å². The second-order valence-electron chi connectivity index (χ2n) is 1.79. The van der Waals surface area contributed by atoms with Crippen LogP contribution in [0, 0.1) is 11.3 Å². The van der Waals surface area contributed by atoms with Crippen LogP contribution in [0.15, 0.2) is 36.1 Å². The van der Waals surface area contributed by atoms with Crippen molar-refractivity contribution in [1.29, 1.82) is 5.26 Å². The minimum absolute atomic E-state index is 0.398. The molecule has 2 nitrogen and oxygen atoms in total. The van der Waals surface area contributed by atoms with Crippen LogP contribution in [0.2, 0.25) is 0 Å². The molecular formula is C8H10N2. The summed E-state index contributed by atoms with van der Waals surface area (Å²) in [4.78, 5) is 0. The highest BCUT2D eigenvalue weighted by Gasteiger charge is 1.85. The van der Waals surface area contributed by atoms with E-state index in [0.717, 1.165) is 0 Å². The summed E-state index contributed by atoms with van der Waals surface area (Å²) in [6, 6.07) is 1.97. The molecule has 0 aliphatic rings. The SMILES string of the molecule is C=C(N)/C=C(C#N)\C=C/C. The van der Waals surface area contributed by atoms with Gasteiger partial charge in [-0.1, -0.05) is 12.7 Å². The topological polar surface area (TPSA) is 49.8 Å². The molecule has 0 fully saturated rings. The van der Waals surface area contributed by atoms with Gasteiger partial charge in [0.05, 0.1) is 11.6 Å². The quantitative estimate of drug-likeness (QED) is 0.459. The van der Waals surface area contributed by atoms with Gasteiger partial charge in [0, 0.05) is 5.70 Å². The summed E-state index contributed by atoms with van der Waals surface area (Å²) in [7, 11) is 0. The minimum atomic E-state index is 0.398. The third-order valence-electron chi connectivity index (χ3n) is 0.816. The van der Waals surface area contributed by atoms with Crippen molar-refractivity contribution < 1.29 is 0 Å². The Bertz CT molecular complexity index is 216. The van der Waals surface area contributed by atoms with Crippen molar-refractivity contribution in [2.45, 2.75) is 6.92 Å². The summed E-state index contributed by atoms with van der Waals surface area (Å²) in [5.41, 5.74) is 6.16. The molecule has 0 radical (unpaired) electrons. The van der Waals surface area contributed by atoms with E-state index in [0.29, 0.717) is 11.3 Å². The van der Waals surface area contributed by atoms with E-state index in [-0.39, 0.29) is 0 Å². The molecule has 10 heavy (non-hydrogen) atoms. The Morgan fingerprint density at radius 1 is 1.70 bits per heavy atom. The van der Waals surface area contributed by atoms with Gasteiger partial charge < -0.3 is 5.73 Å². The van der Waals surface area contributed by atoms with E-state index in [4.69, 9.17) is 11.0 Å². The summed E-state index contributed by atoms with van der Waals surface area (Å²) in [6.45, 7) is 5.28. The Morgan fingerprint density at radius 3 is 2.60 bits per heavy atom. The molecular weight excluding hydrogens is 124 g/mol. The Morgan fingerprint density at radius 2 is 2.30 bits per heavy atom. The lowest BCUT2D eigenvalue weighted by molar-refractivity contribution is 1.41. The lowest BCUT2D eigenvalue weighted by atomic mass is 10.2. The van der Waals surface area contributed by atoms with Crippen molar-refractivity contribution in [1.82, 2.24) is 0 Å². The van der Waals surface area contributed by atoms with Gasteiger partial charge in [0.2, 0.25) is 0 Å². The van der Waals surface area contributed by atoms with E-state index in [1.54, 1.807) is 12.2 Å². The van der Waals surface area contributed by atoms with E-state index in [9.17, 15) is 0 Å². The molecule has 0 saturated heterocycles. The first kappa shape index (κ1) is 8.51. The van der Waals surface area contributed by atoms with Gasteiger partial charge in [-0.05, 0) is 19.1 Å². The fourth-order valence-electron chi connectivity index (χ4n) is 0.497. The fraction of sp³-hybridized carbons (Fsp3) is 0.125. The normalized spacial score (nSPS) is 11.4. The van der Waals surface area contributed by atoms with Crippen molar-refractivity contribution >= 4 is 0 Å². The van der Waals surface area contributed by atoms with Crippen molar-refractivity contribution in [2.75, 3.05) is 0 Å². The zero-order valence-corrected chi connectivity index (χ0v) is 5.96. The van der Waals surface area contributed by atoms with Gasteiger partial charge >= 0.3 is 0 Å². The van der Waals surface area contributed by atoms with Crippen LogP contribution >= 0.6 is 0 Å². The maximum Gasteiger partial charge on any atom is 0.0992 e. The first-order valence-corrected chi connectivity index (χ1v) is 2.89. The van der Waals surface area contributed by atoms with Crippen LogP contribution in [0.25, 0.3) is 0 Å². The average molecular weight is 134 g/mol. The predicted octanol–water partition coefficient (Wildman–Crippen LogP) is 1.48. The maximum atomic E-state index is 8.44. The molecule has 0 bridgehead atoms. The standard InChI is InChI=1S/C8H10N2/c1-3-4-8(6-9)5-7(2)10/h3-5H,2,10H2,1H3/b4-3-,8-5+. The number of hydrogen-bond donors (Lipinski definition) is 1. The molecule has 0 heterocycles. The molecule has 0 aromatic heterocycles. The lowest BCUT2D eigenvalue weighted by Crippen LogP contribution is -1.90. The van der Waals surface area contributed by atoms with E-state index in [1.165, 1.54) is 6.08 Å². The molecule has 0 spiro atoms. The predicted molar refractivity (Wildman–Crippen MR) is 41.8 cm³/mol. The first-order chi connectivity index (χ1) is 4.70. The maximum absolute atomic E-state index is 8.44. The number of hydrogen-bond acceptors (Lipinski definition) is 2. The number of nitrogens with two attached hydrogens (primary N) is 1. The molecule has 0 saturated carbocycles. The van der Waals surface area contributed by atoms with Crippen LogP contribution in [0.1, 0.15) is 6.92 Å². The molecule has 0 aliphatic carbocycles. The van der Waals surface area contributed by atoms with Gasteiger partial charge in [-0.3, -0.25) is 0 Å². The highest BCUT2D eigenvalue weighted by atomic mass is 14.5. The summed E-state index contributed by atoms with van der Waals surface area (Å²) >= 11 is 0. The second kappa shape index (κ2) is 4.39. The van der Waals surface area contributed by atoms with Crippen molar-refractivity contribution in [3.8, 4) is 6.07 Å². The van der Waals surface area contributed by atoms with Gasteiger partial charge in [0.25, 0.3) is 0 Å². The number of nitrogens with zero attached hydrogens (tertiary/aromatic N) is 1. The van der Waals surface area contributed by atoms with Crippen LogP contribution in [0.5, 0.6) is 0 Å². The van der Waals surface area contributed by atoms with Gasteiger partial charge in [-0.2, -0.15) is 5.26 Å². The van der Waals surface area contributed by atoms with Crippen LogP contribution in [0.4, 0.5) is 0 Å². The molecule has 52 valence electrons. The Kier molecular flexibility index (Phi) is 3.74. The van der Waals surface area contributed by atoms with E-state index >= 15 is 0 Å². The van der Waals surface area contributed by atoms with Crippen LogP contribution in [0.3, 0.4) is 0 Å². The fourth-order valence-corrected chi connectivity index (χ4v) is 0.497. The van der Waals surface area contributed by atoms with E-state index < -0.39 is 0 Å². The Hall–Kier alpha value is -1.49. The van der Waals surface area contributed by atoms with Gasteiger partial charge in [-0.25, -0.2) is 0 Å². The summed E-state index contributed by atoms with van der Waals surface area (Å²) in [5.74, 6) is 0. The van der Waals surface area contributed by atoms with Gasteiger partial charge in [-0.15, -0.1) is 0 Å². The molecule has 0 aliphatic heterocycles. The van der Waals surface area contributed by atoms with Gasteiger partial charge in [0.1, 0.15) is 0 Å². The van der Waals surface area contributed by atoms with Crippen molar-refractivity contribution in [3.63, 3.8) is 0 Å². The summed E-state index contributed by atoms with van der Waals surface area (Å²) < 4.78 is 0. The van der Waals surface area contributed by atoms with Gasteiger partial charge in [0.15, 0.2) is 0 Å². The third kappa shape index (κ3) is 3.50. The monoisotopic (exact) mass is 134 g/mol. The molecule has 0 aromatic rings. The highest BCUT2D eigenvalue weighted by molar-refractivity contribution is 5.37. The van der Waals surface area contributed by atoms with E-state index in [1.807, 2.05) is 13.0 Å². The first-order valence-electron chi connectivity index (χ1n) is 2.89. The molecule has 0 unspecified atom stereocenters. The molecule has 2 heteroatoms. The summed E-state index contributed by atoms with van der Waals surface area (Å²) in [6.07, 6.45) is 4.98. The largest absolute Gasteiger partial charge is 0.399 e. The Balaban J connectivity index is 4.38. The molecule has 0 atom stereocenters. The zero-order valence-electron chi connectivity index (χ0n) is 5.96. The Labute approximate surface area is 61.0 Å². The molecule has 0 rings (SSSR count). The average Bonchev–Trinajstić information content (AvgIpc) is 1.86. The lowest BCUT2D eigenvalue weighted by Gasteiger charge is -1.87. The third-order valence-corrected chi connectivity index (χ3v) is 0.816. The second-order valence-corrected chi connectivity index (χ2v) is 1.79. The number of allylic oxidation sites excluding steroid dienone is 4. The van der Waals surface area contributed by atoms with Crippen LogP contribution in [-0.4, -0.2) is 0 Å². The highest BCUT2D eigenvalue weighted by Crippen LogP contribution is 1.96. The number of rotatable bonds is 2. The summed E-state index contributed by atoms with van der Waals surface area (Å²) in [5, 5.41) is 8.44. The molecule has 2 N–H and O–H groups in total. The van der Waals surface area contributed by atoms with Crippen molar-refractivity contribution in [3.05, 3.63) is 36.1 Å². The van der Waals surface area contributed by atoms with Crippen LogP contribution in [-0.2, 0) is 0 Å². The van der Waals surface area contributed by atoms with Crippen molar-refractivity contribution in [2.24, 2.45) is 5.73 Å². The number of nitriles is 1. The zero-order chi connectivity index (χ0) is 7.98. The molecule has 0 aromatic carbocycles. The molecule has 0 amide bonds.